The van der Waals surface area contributed by atoms with Crippen molar-refractivity contribution in [2.75, 3.05) is 0 Å². The van der Waals surface area contributed by atoms with Crippen molar-refractivity contribution in [3.63, 3.8) is 0 Å². The minimum absolute atomic E-state index is 0.242. The van der Waals surface area contributed by atoms with Gasteiger partial charge in [-0.25, -0.2) is 0 Å². The van der Waals surface area contributed by atoms with E-state index in [-0.39, 0.29) is 5.78 Å². The number of carbonyl (C=O) groups excluding carboxylic acids is 1. The molecular weight excluding hydrogens is 198 g/mol. The molecule has 1 aromatic rings. The number of fused-ring (bicyclic) bond motifs is 1. The lowest BCUT2D eigenvalue weighted by Gasteiger charge is -1.94. The highest BCUT2D eigenvalue weighted by Crippen LogP contribution is 2.02. The van der Waals surface area contributed by atoms with Gasteiger partial charge in [0.1, 0.15) is 0 Å². The number of aromatic amines is 1. The number of Topliss-reactive ketones (excluding diaryl/α,β-unsaturated/α-hetero) is 1. The van der Waals surface area contributed by atoms with Crippen molar-refractivity contribution >= 4 is 17.4 Å². The number of nitrogens with one attached hydrogen (secondary N) is 1. The van der Waals surface area contributed by atoms with Gasteiger partial charge in [0.2, 0.25) is 0 Å². The first-order valence-electron chi connectivity index (χ1n) is 5.82. The van der Waals surface area contributed by atoms with E-state index in [0.29, 0.717) is 6.42 Å². The summed E-state index contributed by atoms with van der Waals surface area (Å²) < 4.78 is 0. The summed E-state index contributed by atoms with van der Waals surface area (Å²) in [5.74, 6) is 0.242. The normalized spacial score (nSPS) is 14.2. The molecular formula is C14H17NO. The maximum atomic E-state index is 11.9. The summed E-state index contributed by atoms with van der Waals surface area (Å²) in [6.45, 7) is 4.10. The van der Waals surface area contributed by atoms with Crippen LogP contribution >= 0.6 is 0 Å². The van der Waals surface area contributed by atoms with Gasteiger partial charge in [-0.15, -0.1) is 0 Å². The van der Waals surface area contributed by atoms with Crippen LogP contribution in [0.4, 0.5) is 0 Å². The maximum absolute atomic E-state index is 11.9. The first-order valence-corrected chi connectivity index (χ1v) is 5.82. The van der Waals surface area contributed by atoms with E-state index in [1.165, 1.54) is 5.57 Å². The summed E-state index contributed by atoms with van der Waals surface area (Å²) in [7, 11) is 0. The zero-order chi connectivity index (χ0) is 11.5. The fourth-order valence-corrected chi connectivity index (χ4v) is 2.08. The molecule has 2 rings (SSSR count). The Morgan fingerprint density at radius 1 is 1.50 bits per heavy atom. The topological polar surface area (TPSA) is 32.9 Å². The summed E-state index contributed by atoms with van der Waals surface area (Å²) in [5.41, 5.74) is 2.04. The highest BCUT2D eigenvalue weighted by molar-refractivity contribution is 5.96. The molecule has 1 aliphatic carbocycles. The van der Waals surface area contributed by atoms with Crippen LogP contribution in [-0.4, -0.2) is 10.8 Å². The Labute approximate surface area is 95.4 Å². The molecule has 0 aliphatic heterocycles. The van der Waals surface area contributed by atoms with Crippen molar-refractivity contribution < 1.29 is 4.79 Å². The maximum Gasteiger partial charge on any atom is 0.164 e. The lowest BCUT2D eigenvalue weighted by molar-refractivity contribution is 0.0981. The van der Waals surface area contributed by atoms with Crippen LogP contribution in [0.5, 0.6) is 0 Å². The smallest absolute Gasteiger partial charge is 0.164 e. The average Bonchev–Trinajstić information content (AvgIpc) is 2.60. The number of hydrogen-bond donors (Lipinski definition) is 1. The molecule has 0 spiro atoms. The van der Waals surface area contributed by atoms with Gasteiger partial charge < -0.3 is 4.98 Å². The van der Waals surface area contributed by atoms with Crippen LogP contribution in [0.3, 0.4) is 0 Å². The second-order valence-corrected chi connectivity index (χ2v) is 4.19. The Kier molecular flexibility index (Phi) is 3.09. The number of H-pyrrole nitrogens is 1. The molecule has 2 heteroatoms. The molecule has 0 fully saturated rings. The quantitative estimate of drug-likeness (QED) is 0.768. The number of hydrogen-bond acceptors (Lipinski definition) is 1. The molecule has 16 heavy (non-hydrogen) atoms. The molecule has 0 aromatic carbocycles. The molecule has 0 radical (unpaired) electrons. The molecule has 0 bridgehead atoms. The van der Waals surface area contributed by atoms with Crippen molar-refractivity contribution in [2.45, 2.75) is 33.1 Å². The van der Waals surface area contributed by atoms with Crippen molar-refractivity contribution in [3.05, 3.63) is 34.5 Å². The molecule has 0 saturated carbocycles. The van der Waals surface area contributed by atoms with Crippen molar-refractivity contribution in [3.8, 4) is 0 Å². The molecule has 0 saturated heterocycles. The fraction of sp³-hybridized carbons (Fsp3) is 0.357. The van der Waals surface area contributed by atoms with Gasteiger partial charge in [-0.2, -0.15) is 0 Å². The van der Waals surface area contributed by atoms with E-state index in [1.54, 1.807) is 0 Å². The minimum atomic E-state index is 0.242. The van der Waals surface area contributed by atoms with Crippen LogP contribution in [0.25, 0.3) is 11.6 Å². The van der Waals surface area contributed by atoms with Crippen LogP contribution in [-0.2, 0) is 0 Å². The molecule has 1 aromatic heterocycles. The zero-order valence-corrected chi connectivity index (χ0v) is 9.84. The second-order valence-electron chi connectivity index (χ2n) is 4.19. The van der Waals surface area contributed by atoms with E-state index >= 15 is 0 Å². The SMILES string of the molecule is CCCC(=O)c1c[nH]c2c1=CCC=CC=2C. The number of allylic oxidation sites excluding steroid dienone is 2. The molecule has 2 nitrogen and oxygen atoms in total. The van der Waals surface area contributed by atoms with Crippen LogP contribution in [0.1, 0.15) is 43.5 Å². The van der Waals surface area contributed by atoms with Gasteiger partial charge in [0.15, 0.2) is 5.78 Å². The number of ketones is 1. The Morgan fingerprint density at radius 3 is 3.06 bits per heavy atom. The second kappa shape index (κ2) is 4.52. The van der Waals surface area contributed by atoms with Gasteiger partial charge in [-0.05, 0) is 25.3 Å². The molecule has 0 atom stereocenters. The Bertz CT molecular complexity index is 546. The summed E-state index contributed by atoms with van der Waals surface area (Å²) in [4.78, 5) is 15.1. The average molecular weight is 215 g/mol. The van der Waals surface area contributed by atoms with Crippen LogP contribution in [0, 0.1) is 0 Å². The van der Waals surface area contributed by atoms with Crippen molar-refractivity contribution in [1.82, 2.24) is 4.98 Å². The first-order chi connectivity index (χ1) is 7.74. The standard InChI is InChI=1S/C14H17NO/c1-3-6-13(16)12-9-15-14-10(2)7-4-5-8-11(12)14/h4,7-9,15H,3,5-6H2,1-2H3. The molecule has 84 valence electrons. The van der Waals surface area contributed by atoms with Gasteiger partial charge in [0.25, 0.3) is 0 Å². The van der Waals surface area contributed by atoms with Crippen LogP contribution < -0.4 is 10.6 Å². The summed E-state index contributed by atoms with van der Waals surface area (Å²) in [6, 6.07) is 0. The highest BCUT2D eigenvalue weighted by Gasteiger charge is 2.09. The number of aromatic nitrogens is 1. The predicted octanol–water partition coefficient (Wildman–Crippen LogP) is 1.91. The van der Waals surface area contributed by atoms with E-state index in [0.717, 1.165) is 29.0 Å². The first kappa shape index (κ1) is 10.9. The van der Waals surface area contributed by atoms with Crippen LogP contribution in [0.2, 0.25) is 0 Å². The van der Waals surface area contributed by atoms with Gasteiger partial charge in [-0.3, -0.25) is 4.79 Å². The summed E-state index contributed by atoms with van der Waals surface area (Å²) in [5, 5.41) is 2.18. The Balaban J connectivity index is 2.59. The number of rotatable bonds is 3. The van der Waals surface area contributed by atoms with E-state index in [2.05, 4.69) is 30.1 Å². The lowest BCUT2D eigenvalue weighted by Crippen LogP contribution is -2.28. The van der Waals surface area contributed by atoms with Gasteiger partial charge in [-0.1, -0.05) is 25.2 Å². The van der Waals surface area contributed by atoms with Gasteiger partial charge in [0.05, 0.1) is 0 Å². The van der Waals surface area contributed by atoms with E-state index in [9.17, 15) is 4.79 Å². The van der Waals surface area contributed by atoms with Crippen LogP contribution in [0.15, 0.2) is 18.3 Å². The fourth-order valence-electron chi connectivity index (χ4n) is 2.08. The minimum Gasteiger partial charge on any atom is -0.360 e. The molecule has 1 N–H and O–H groups in total. The molecule has 0 amide bonds. The van der Waals surface area contributed by atoms with E-state index in [4.69, 9.17) is 0 Å². The van der Waals surface area contributed by atoms with E-state index < -0.39 is 0 Å². The molecule has 1 heterocycles. The van der Waals surface area contributed by atoms with Gasteiger partial charge >= 0.3 is 0 Å². The third-order valence-corrected chi connectivity index (χ3v) is 2.92. The van der Waals surface area contributed by atoms with Gasteiger partial charge in [0, 0.05) is 28.7 Å². The third-order valence-electron chi connectivity index (χ3n) is 2.92. The largest absolute Gasteiger partial charge is 0.360 e. The molecule has 1 aliphatic rings. The summed E-state index contributed by atoms with van der Waals surface area (Å²) >= 11 is 0. The van der Waals surface area contributed by atoms with Crippen molar-refractivity contribution in [2.24, 2.45) is 0 Å². The Morgan fingerprint density at radius 2 is 2.31 bits per heavy atom. The zero-order valence-electron chi connectivity index (χ0n) is 9.84. The highest BCUT2D eigenvalue weighted by atomic mass is 16.1. The van der Waals surface area contributed by atoms with E-state index in [1.807, 2.05) is 13.1 Å². The Hall–Kier alpha value is -1.57. The number of carbonyl (C=O) groups is 1. The monoisotopic (exact) mass is 215 g/mol. The lowest BCUT2D eigenvalue weighted by atomic mass is 10.1. The predicted molar refractivity (Wildman–Crippen MR) is 66.6 cm³/mol. The molecule has 0 unspecified atom stereocenters. The third kappa shape index (κ3) is 1.87. The summed E-state index contributed by atoms with van der Waals surface area (Å²) in [6.07, 6.45) is 10.6. The van der Waals surface area contributed by atoms with Crippen molar-refractivity contribution in [1.29, 1.82) is 0 Å².